The van der Waals surface area contributed by atoms with Gasteiger partial charge in [0.05, 0.1) is 13.2 Å². The molecule has 0 aliphatic carbocycles. The molecule has 0 aromatic heterocycles. The van der Waals surface area contributed by atoms with Gasteiger partial charge in [-0.3, -0.25) is 27.1 Å². The highest BCUT2D eigenvalue weighted by atomic mass is 31.2. The number of ether oxygens (including phenoxy) is 2. The standard InChI is InChI=1S/C13H21FO10P2/c1-4-6-8-20-26(16,22-11-14)24-13-18-9-10-21-25(15,19-7-5-2)23-12-17-3/h2H,7-13H2,1,3H3. The lowest BCUT2D eigenvalue weighted by molar-refractivity contribution is -0.0351. The molecule has 150 valence electrons. The van der Waals surface area contributed by atoms with Crippen LogP contribution in [0.5, 0.6) is 0 Å². The quantitative estimate of drug-likeness (QED) is 0.161. The van der Waals surface area contributed by atoms with Gasteiger partial charge in [0.15, 0.2) is 20.4 Å². The summed E-state index contributed by atoms with van der Waals surface area (Å²) in [6.07, 6.45) is 5.00. The van der Waals surface area contributed by atoms with E-state index < -0.39 is 29.3 Å². The van der Waals surface area contributed by atoms with Crippen LogP contribution < -0.4 is 0 Å². The van der Waals surface area contributed by atoms with E-state index in [1.165, 1.54) is 14.0 Å². The van der Waals surface area contributed by atoms with Crippen molar-refractivity contribution in [2.45, 2.75) is 6.92 Å². The lowest BCUT2D eigenvalue weighted by Gasteiger charge is -2.17. The molecule has 0 aromatic rings. The van der Waals surface area contributed by atoms with E-state index in [2.05, 4.69) is 27.0 Å². The molecule has 0 rings (SSSR count). The molecular weight excluding hydrogens is 397 g/mol. The predicted octanol–water partition coefficient (Wildman–Crippen LogP) is 2.46. The Morgan fingerprint density at radius 1 is 0.923 bits per heavy atom. The Balaban J connectivity index is 4.20. The summed E-state index contributed by atoms with van der Waals surface area (Å²) in [7, 11) is -6.75. The molecular formula is C13H21FO10P2. The first-order valence-corrected chi connectivity index (χ1v) is 9.90. The average molecular weight is 418 g/mol. The molecule has 0 spiro atoms. The van der Waals surface area contributed by atoms with Crippen LogP contribution in [0.2, 0.25) is 0 Å². The summed E-state index contributed by atoms with van der Waals surface area (Å²) in [5.74, 6) is 7.06. The van der Waals surface area contributed by atoms with Gasteiger partial charge in [0, 0.05) is 7.11 Å². The van der Waals surface area contributed by atoms with Gasteiger partial charge in [-0.2, -0.15) is 0 Å². The average Bonchev–Trinajstić information content (AvgIpc) is 2.62. The number of alkyl halides is 1. The zero-order chi connectivity index (χ0) is 19.7. The van der Waals surface area contributed by atoms with E-state index in [1.807, 2.05) is 0 Å². The van der Waals surface area contributed by atoms with Crippen LogP contribution in [0.1, 0.15) is 6.92 Å². The Bertz CT molecular complexity index is 567. The first-order valence-electron chi connectivity index (χ1n) is 6.98. The minimum Gasteiger partial charge on any atom is -0.358 e. The van der Waals surface area contributed by atoms with Gasteiger partial charge < -0.3 is 9.47 Å². The van der Waals surface area contributed by atoms with Gasteiger partial charge in [0.1, 0.15) is 13.2 Å². The van der Waals surface area contributed by atoms with E-state index in [-0.39, 0.29) is 33.2 Å². The first kappa shape index (κ1) is 25.2. The monoisotopic (exact) mass is 418 g/mol. The molecule has 0 N–H and O–H groups in total. The van der Waals surface area contributed by atoms with Gasteiger partial charge in [-0.25, -0.2) is 13.5 Å². The zero-order valence-corrected chi connectivity index (χ0v) is 16.2. The van der Waals surface area contributed by atoms with Gasteiger partial charge in [0.2, 0.25) is 0 Å². The highest BCUT2D eigenvalue weighted by Gasteiger charge is 2.28. The second-order valence-electron chi connectivity index (χ2n) is 3.83. The van der Waals surface area contributed by atoms with E-state index in [0.717, 1.165) is 0 Å². The number of halogens is 1. The molecule has 0 saturated carbocycles. The van der Waals surface area contributed by atoms with Crippen LogP contribution in [0, 0.1) is 24.2 Å². The first-order chi connectivity index (χ1) is 12.4. The van der Waals surface area contributed by atoms with Crippen molar-refractivity contribution in [1.29, 1.82) is 0 Å². The third-order valence-corrected chi connectivity index (χ3v) is 4.73. The normalized spacial score (nSPS) is 15.3. The summed E-state index contributed by atoms with van der Waals surface area (Å²) in [4.78, 5) is 0. The molecule has 0 aliphatic heterocycles. The Morgan fingerprint density at radius 2 is 1.58 bits per heavy atom. The van der Waals surface area contributed by atoms with Crippen LogP contribution in [0.25, 0.3) is 0 Å². The Kier molecular flexibility index (Phi) is 14.8. The van der Waals surface area contributed by atoms with Gasteiger partial charge >= 0.3 is 15.6 Å². The van der Waals surface area contributed by atoms with Crippen LogP contribution in [-0.4, -0.2) is 54.0 Å². The van der Waals surface area contributed by atoms with E-state index >= 15 is 0 Å². The molecule has 0 heterocycles. The van der Waals surface area contributed by atoms with E-state index in [1.54, 1.807) is 0 Å². The van der Waals surface area contributed by atoms with Crippen LogP contribution >= 0.6 is 15.6 Å². The number of phosphoric acid groups is 2. The molecule has 0 saturated heterocycles. The van der Waals surface area contributed by atoms with Crippen molar-refractivity contribution in [2.75, 3.05) is 54.0 Å². The molecule has 0 amide bonds. The third kappa shape index (κ3) is 12.5. The van der Waals surface area contributed by atoms with E-state index in [9.17, 15) is 13.5 Å². The summed E-state index contributed by atoms with van der Waals surface area (Å²) < 4.78 is 74.0. The maximum atomic E-state index is 12.2. The second-order valence-corrected chi connectivity index (χ2v) is 7.17. The lowest BCUT2D eigenvalue weighted by atomic mass is 10.6. The smallest absolute Gasteiger partial charge is 0.358 e. The molecule has 0 aromatic carbocycles. The fourth-order valence-electron chi connectivity index (χ4n) is 1.07. The lowest BCUT2D eigenvalue weighted by Crippen LogP contribution is -2.10. The van der Waals surface area contributed by atoms with Crippen molar-refractivity contribution in [1.82, 2.24) is 0 Å². The SMILES string of the molecule is C#CCOP(=O)(OCCOCOP(=O)(OCF)OCC#CC)OCOC. The molecule has 13 heteroatoms. The summed E-state index contributed by atoms with van der Waals surface area (Å²) in [5, 5.41) is 0. The third-order valence-electron chi connectivity index (χ3n) is 2.08. The summed E-state index contributed by atoms with van der Waals surface area (Å²) in [6.45, 7) is -1.74. The van der Waals surface area contributed by atoms with Crippen molar-refractivity contribution < 1.29 is 50.1 Å². The summed E-state index contributed by atoms with van der Waals surface area (Å²) in [6, 6.07) is 0. The van der Waals surface area contributed by atoms with Crippen LogP contribution in [0.4, 0.5) is 4.39 Å². The molecule has 0 radical (unpaired) electrons. The minimum absolute atomic E-state index is 0.163. The second kappa shape index (κ2) is 15.3. The number of rotatable bonds is 16. The molecule has 2 unspecified atom stereocenters. The number of hydrogen-bond acceptors (Lipinski definition) is 10. The summed E-state index contributed by atoms with van der Waals surface area (Å²) in [5.41, 5.74) is 0. The Hall–Kier alpha value is -0.810. The van der Waals surface area contributed by atoms with Crippen LogP contribution in [0.15, 0.2) is 0 Å². The van der Waals surface area contributed by atoms with Crippen molar-refractivity contribution in [3.05, 3.63) is 0 Å². The maximum Gasteiger partial charge on any atom is 0.480 e. The van der Waals surface area contributed by atoms with Crippen LogP contribution in [0.3, 0.4) is 0 Å². The number of methoxy groups -OCH3 is 1. The van der Waals surface area contributed by atoms with Gasteiger partial charge in [0.25, 0.3) is 0 Å². The highest BCUT2D eigenvalue weighted by Crippen LogP contribution is 2.50. The number of terminal acetylenes is 1. The topological polar surface area (TPSA) is 108 Å². The summed E-state index contributed by atoms with van der Waals surface area (Å²) >= 11 is 0. The van der Waals surface area contributed by atoms with Gasteiger partial charge in [-0.15, -0.1) is 12.3 Å². The number of hydrogen-bond donors (Lipinski definition) is 0. The Morgan fingerprint density at radius 3 is 2.19 bits per heavy atom. The van der Waals surface area contributed by atoms with Crippen molar-refractivity contribution >= 4 is 15.6 Å². The van der Waals surface area contributed by atoms with Gasteiger partial charge in [-0.05, 0) is 6.92 Å². The fourth-order valence-corrected chi connectivity index (χ4v) is 2.83. The van der Waals surface area contributed by atoms with Crippen molar-refractivity contribution in [3.8, 4) is 24.2 Å². The number of phosphoric ester groups is 2. The van der Waals surface area contributed by atoms with Crippen molar-refractivity contribution in [3.63, 3.8) is 0 Å². The van der Waals surface area contributed by atoms with E-state index in [0.29, 0.717) is 0 Å². The molecule has 0 aliphatic rings. The van der Waals surface area contributed by atoms with Crippen molar-refractivity contribution in [2.24, 2.45) is 0 Å². The fraction of sp³-hybridized carbons (Fsp3) is 0.692. The predicted molar refractivity (Wildman–Crippen MR) is 87.3 cm³/mol. The largest absolute Gasteiger partial charge is 0.480 e. The molecule has 2 atom stereocenters. The zero-order valence-electron chi connectivity index (χ0n) is 14.4. The molecule has 0 fully saturated rings. The minimum atomic E-state index is -4.15. The molecule has 26 heavy (non-hydrogen) atoms. The maximum absolute atomic E-state index is 12.2. The highest BCUT2D eigenvalue weighted by molar-refractivity contribution is 7.48. The van der Waals surface area contributed by atoms with Gasteiger partial charge in [-0.1, -0.05) is 11.8 Å². The molecule has 10 nitrogen and oxygen atoms in total. The van der Waals surface area contributed by atoms with E-state index in [4.69, 9.17) is 33.8 Å². The molecule has 0 bridgehead atoms. The Labute approximate surface area is 151 Å². The van der Waals surface area contributed by atoms with Crippen LogP contribution in [-0.2, 0) is 45.7 Å².